The van der Waals surface area contributed by atoms with Crippen LogP contribution >= 0.6 is 0 Å². The van der Waals surface area contributed by atoms with Crippen molar-refractivity contribution in [3.8, 4) is 0 Å². The largest absolute Gasteiger partial charge is 0.441 e. The van der Waals surface area contributed by atoms with Crippen LogP contribution < -0.4 is 0 Å². The van der Waals surface area contributed by atoms with Crippen LogP contribution in [0.15, 0.2) is 28.7 Å². The number of hydrogen-bond donors (Lipinski definition) is 1. The molecule has 0 spiro atoms. The summed E-state index contributed by atoms with van der Waals surface area (Å²) in [5.41, 5.74) is 1.66. The van der Waals surface area contributed by atoms with E-state index in [1.54, 1.807) is 0 Å². The number of oxazole rings is 1. The summed E-state index contributed by atoms with van der Waals surface area (Å²) >= 11 is 0. The molecule has 3 heteroatoms. The van der Waals surface area contributed by atoms with Crippen molar-refractivity contribution in [3.63, 3.8) is 0 Å². The Hall–Kier alpha value is -1.35. The molecule has 0 aliphatic rings. The van der Waals surface area contributed by atoms with Gasteiger partial charge in [-0.2, -0.15) is 0 Å². The third kappa shape index (κ3) is 3.57. The summed E-state index contributed by atoms with van der Waals surface area (Å²) in [7, 11) is 0. The molecule has 0 saturated carbocycles. The highest BCUT2D eigenvalue weighted by Crippen LogP contribution is 2.22. The second kappa shape index (κ2) is 6.71. The van der Waals surface area contributed by atoms with Gasteiger partial charge in [0.05, 0.1) is 12.5 Å². The quantitative estimate of drug-likeness (QED) is 0.821. The molecule has 2 atom stereocenters. The molecular formula is C16H23NO2. The molecule has 104 valence electrons. The Morgan fingerprint density at radius 2 is 2.05 bits per heavy atom. The molecule has 0 fully saturated rings. The summed E-state index contributed by atoms with van der Waals surface area (Å²) < 4.78 is 5.67. The van der Waals surface area contributed by atoms with Gasteiger partial charge >= 0.3 is 0 Å². The monoisotopic (exact) mass is 261 g/mol. The average molecular weight is 261 g/mol. The molecule has 1 N–H and O–H groups in total. The van der Waals surface area contributed by atoms with Crippen molar-refractivity contribution in [1.29, 1.82) is 0 Å². The standard InChI is InChI=1S/C16H23NO2/c1-3-5-8-12(4-2)14(18)11-16-17-13-9-6-7-10-15(13)19-16/h6-7,9-10,12,14,18H,3-5,8,11H2,1-2H3. The van der Waals surface area contributed by atoms with Crippen molar-refractivity contribution in [2.24, 2.45) is 5.92 Å². The third-order valence-electron chi connectivity index (χ3n) is 3.72. The minimum atomic E-state index is -0.357. The molecule has 1 aromatic heterocycles. The number of aliphatic hydroxyl groups excluding tert-OH is 1. The lowest BCUT2D eigenvalue weighted by atomic mass is 9.91. The number of unbranched alkanes of at least 4 members (excludes halogenated alkanes) is 1. The first kappa shape index (κ1) is 14.1. The predicted octanol–water partition coefficient (Wildman–Crippen LogP) is 3.95. The molecule has 2 aromatic rings. The van der Waals surface area contributed by atoms with Crippen LogP contribution in [0.25, 0.3) is 11.1 Å². The van der Waals surface area contributed by atoms with Crippen LogP contribution in [0, 0.1) is 5.92 Å². The molecule has 0 amide bonds. The Morgan fingerprint density at radius 1 is 1.26 bits per heavy atom. The van der Waals surface area contributed by atoms with Gasteiger partial charge in [0.25, 0.3) is 0 Å². The normalized spacial score (nSPS) is 14.7. The van der Waals surface area contributed by atoms with Crippen molar-refractivity contribution in [3.05, 3.63) is 30.2 Å². The summed E-state index contributed by atoms with van der Waals surface area (Å²) in [6.07, 6.45) is 4.58. The van der Waals surface area contributed by atoms with Gasteiger partial charge in [0.2, 0.25) is 0 Å². The van der Waals surface area contributed by atoms with Crippen LogP contribution in [0.3, 0.4) is 0 Å². The molecule has 2 unspecified atom stereocenters. The Kier molecular flexibility index (Phi) is 4.97. The zero-order valence-corrected chi connectivity index (χ0v) is 11.8. The molecule has 0 saturated heterocycles. The van der Waals surface area contributed by atoms with Crippen molar-refractivity contribution in [2.75, 3.05) is 0 Å². The zero-order valence-electron chi connectivity index (χ0n) is 11.8. The number of aromatic nitrogens is 1. The minimum Gasteiger partial charge on any atom is -0.441 e. The van der Waals surface area contributed by atoms with E-state index in [-0.39, 0.29) is 6.10 Å². The van der Waals surface area contributed by atoms with E-state index in [0.29, 0.717) is 18.2 Å². The first-order valence-electron chi connectivity index (χ1n) is 7.27. The van der Waals surface area contributed by atoms with Crippen molar-refractivity contribution in [1.82, 2.24) is 4.98 Å². The van der Waals surface area contributed by atoms with Gasteiger partial charge in [-0.25, -0.2) is 4.98 Å². The number of aliphatic hydroxyl groups is 1. The summed E-state index contributed by atoms with van der Waals surface area (Å²) in [6.45, 7) is 4.31. The highest BCUT2D eigenvalue weighted by atomic mass is 16.4. The average Bonchev–Trinajstić information content (AvgIpc) is 2.81. The Morgan fingerprint density at radius 3 is 2.74 bits per heavy atom. The lowest BCUT2D eigenvalue weighted by molar-refractivity contribution is 0.0927. The number of rotatable bonds is 7. The molecule has 0 radical (unpaired) electrons. The molecule has 0 aliphatic heterocycles. The van der Waals surface area contributed by atoms with Gasteiger partial charge in [0.1, 0.15) is 5.52 Å². The van der Waals surface area contributed by atoms with Gasteiger partial charge in [-0.15, -0.1) is 0 Å². The van der Waals surface area contributed by atoms with Gasteiger partial charge in [-0.3, -0.25) is 0 Å². The highest BCUT2D eigenvalue weighted by molar-refractivity contribution is 5.72. The fourth-order valence-corrected chi connectivity index (χ4v) is 2.49. The first-order chi connectivity index (χ1) is 9.24. The molecule has 19 heavy (non-hydrogen) atoms. The smallest absolute Gasteiger partial charge is 0.198 e. The number of benzene rings is 1. The maximum absolute atomic E-state index is 10.3. The summed E-state index contributed by atoms with van der Waals surface area (Å²) in [6, 6.07) is 7.72. The van der Waals surface area contributed by atoms with Crippen molar-refractivity contribution in [2.45, 2.75) is 52.1 Å². The molecule has 0 aliphatic carbocycles. The van der Waals surface area contributed by atoms with E-state index in [1.807, 2.05) is 24.3 Å². The lowest BCUT2D eigenvalue weighted by Gasteiger charge is -2.20. The van der Waals surface area contributed by atoms with Crippen LogP contribution in [-0.4, -0.2) is 16.2 Å². The second-order valence-electron chi connectivity index (χ2n) is 5.16. The molecular weight excluding hydrogens is 238 g/mol. The van der Waals surface area contributed by atoms with E-state index in [9.17, 15) is 5.11 Å². The van der Waals surface area contributed by atoms with Crippen LogP contribution in [0.1, 0.15) is 45.4 Å². The van der Waals surface area contributed by atoms with Gasteiger partial charge in [0, 0.05) is 0 Å². The summed E-state index contributed by atoms with van der Waals surface area (Å²) in [5.74, 6) is 0.985. The number of nitrogens with zero attached hydrogens (tertiary/aromatic N) is 1. The van der Waals surface area contributed by atoms with E-state index in [2.05, 4.69) is 18.8 Å². The maximum Gasteiger partial charge on any atom is 0.198 e. The number of fused-ring (bicyclic) bond motifs is 1. The number of hydrogen-bond acceptors (Lipinski definition) is 3. The fraction of sp³-hybridized carbons (Fsp3) is 0.562. The van der Waals surface area contributed by atoms with Crippen molar-refractivity contribution >= 4 is 11.1 Å². The molecule has 1 heterocycles. The van der Waals surface area contributed by atoms with Crippen LogP contribution in [0.5, 0.6) is 0 Å². The summed E-state index contributed by atoms with van der Waals surface area (Å²) in [4.78, 5) is 4.42. The molecule has 3 nitrogen and oxygen atoms in total. The topological polar surface area (TPSA) is 46.3 Å². The fourth-order valence-electron chi connectivity index (χ4n) is 2.49. The molecule has 1 aromatic carbocycles. The van der Waals surface area contributed by atoms with E-state index in [4.69, 9.17) is 4.42 Å². The minimum absolute atomic E-state index is 0.343. The third-order valence-corrected chi connectivity index (χ3v) is 3.72. The van der Waals surface area contributed by atoms with Crippen LogP contribution in [0.4, 0.5) is 0 Å². The predicted molar refractivity (Wildman–Crippen MR) is 77.0 cm³/mol. The van der Waals surface area contributed by atoms with Gasteiger partial charge < -0.3 is 9.52 Å². The molecule has 0 bridgehead atoms. The highest BCUT2D eigenvalue weighted by Gasteiger charge is 2.19. The van der Waals surface area contributed by atoms with Gasteiger partial charge in [0.15, 0.2) is 11.5 Å². The number of para-hydroxylation sites is 2. The second-order valence-corrected chi connectivity index (χ2v) is 5.16. The zero-order chi connectivity index (χ0) is 13.7. The summed E-state index contributed by atoms with van der Waals surface area (Å²) in [5, 5.41) is 10.3. The van der Waals surface area contributed by atoms with E-state index in [0.717, 1.165) is 23.9 Å². The first-order valence-corrected chi connectivity index (χ1v) is 7.27. The van der Waals surface area contributed by atoms with E-state index < -0.39 is 0 Å². The van der Waals surface area contributed by atoms with Gasteiger partial charge in [-0.05, 0) is 24.5 Å². The van der Waals surface area contributed by atoms with Crippen LogP contribution in [-0.2, 0) is 6.42 Å². The molecule has 2 rings (SSSR count). The Bertz CT molecular complexity index is 473. The maximum atomic E-state index is 10.3. The van der Waals surface area contributed by atoms with Crippen molar-refractivity contribution < 1.29 is 9.52 Å². The SMILES string of the molecule is CCCCC(CC)C(O)Cc1nc2ccccc2o1. The van der Waals surface area contributed by atoms with Gasteiger partial charge in [-0.1, -0.05) is 45.2 Å². The van der Waals surface area contributed by atoms with E-state index >= 15 is 0 Å². The Balaban J connectivity index is 2.02. The Labute approximate surface area is 114 Å². The van der Waals surface area contributed by atoms with Crippen LogP contribution in [0.2, 0.25) is 0 Å². The lowest BCUT2D eigenvalue weighted by Crippen LogP contribution is -2.22. The van der Waals surface area contributed by atoms with E-state index in [1.165, 1.54) is 12.8 Å².